The van der Waals surface area contributed by atoms with Crippen LogP contribution in [-0.4, -0.2) is 30.2 Å². The lowest BCUT2D eigenvalue weighted by Crippen LogP contribution is -2.52. The number of hydrogen-bond donors (Lipinski definition) is 3. The first-order chi connectivity index (χ1) is 7.46. The van der Waals surface area contributed by atoms with E-state index in [0.717, 1.165) is 19.3 Å². The smallest absolute Gasteiger partial charge is 0.229 e. The molecule has 2 saturated carbocycles. The van der Waals surface area contributed by atoms with E-state index in [0.29, 0.717) is 19.0 Å². The summed E-state index contributed by atoms with van der Waals surface area (Å²) < 4.78 is 0. The second-order valence-corrected chi connectivity index (χ2v) is 5.72. The Morgan fingerprint density at radius 3 is 2.69 bits per heavy atom. The molecule has 4 heteroatoms. The van der Waals surface area contributed by atoms with Crippen molar-refractivity contribution in [3.63, 3.8) is 0 Å². The molecule has 2 rings (SSSR count). The van der Waals surface area contributed by atoms with Crippen LogP contribution in [0.3, 0.4) is 0 Å². The Hall–Kier alpha value is -0.610. The second-order valence-electron chi connectivity index (χ2n) is 5.72. The molecule has 92 valence electrons. The maximum absolute atomic E-state index is 12.3. The van der Waals surface area contributed by atoms with Gasteiger partial charge in [0.2, 0.25) is 5.91 Å². The molecule has 2 aliphatic rings. The Balaban J connectivity index is 2.24. The fraction of sp³-hybridized carbons (Fsp3) is 0.917. The number of aliphatic hydroxyl groups is 1. The summed E-state index contributed by atoms with van der Waals surface area (Å²) in [7, 11) is 0. The van der Waals surface area contributed by atoms with Crippen LogP contribution in [0.1, 0.15) is 33.1 Å². The molecule has 0 radical (unpaired) electrons. The Morgan fingerprint density at radius 1 is 1.56 bits per heavy atom. The Labute approximate surface area is 96.6 Å². The molecule has 0 aromatic carbocycles. The quantitative estimate of drug-likeness (QED) is 0.645. The molecule has 0 aromatic heterocycles. The maximum atomic E-state index is 12.3. The average molecular weight is 226 g/mol. The van der Waals surface area contributed by atoms with Crippen molar-refractivity contribution in [2.24, 2.45) is 22.5 Å². The molecular weight excluding hydrogens is 204 g/mol. The largest absolute Gasteiger partial charge is 0.392 e. The SMILES string of the molecule is CC1(C)[C@H]2CC[C@]1(C(=O)NCCN)[C@@H](O)C2. The summed E-state index contributed by atoms with van der Waals surface area (Å²) in [5.41, 5.74) is 4.73. The van der Waals surface area contributed by atoms with Crippen LogP contribution in [0.4, 0.5) is 0 Å². The van der Waals surface area contributed by atoms with Crippen molar-refractivity contribution in [1.29, 1.82) is 0 Å². The van der Waals surface area contributed by atoms with Crippen molar-refractivity contribution in [2.45, 2.75) is 39.2 Å². The van der Waals surface area contributed by atoms with Crippen LogP contribution in [-0.2, 0) is 4.79 Å². The van der Waals surface area contributed by atoms with Gasteiger partial charge in [-0.1, -0.05) is 13.8 Å². The Kier molecular flexibility index (Phi) is 2.75. The fourth-order valence-electron chi connectivity index (χ4n) is 3.83. The van der Waals surface area contributed by atoms with Gasteiger partial charge in [0.05, 0.1) is 11.5 Å². The molecule has 0 saturated heterocycles. The van der Waals surface area contributed by atoms with E-state index < -0.39 is 11.5 Å². The summed E-state index contributed by atoms with van der Waals surface area (Å²) >= 11 is 0. The third-order valence-electron chi connectivity index (χ3n) is 4.97. The van der Waals surface area contributed by atoms with Gasteiger partial charge in [-0.05, 0) is 30.6 Å². The van der Waals surface area contributed by atoms with E-state index >= 15 is 0 Å². The molecular formula is C12H22N2O2. The van der Waals surface area contributed by atoms with Crippen molar-refractivity contribution in [3.8, 4) is 0 Å². The Bertz CT molecular complexity index is 303. The fourth-order valence-corrected chi connectivity index (χ4v) is 3.83. The minimum atomic E-state index is -0.577. The van der Waals surface area contributed by atoms with Crippen LogP contribution in [0.25, 0.3) is 0 Å². The molecule has 4 nitrogen and oxygen atoms in total. The maximum Gasteiger partial charge on any atom is 0.229 e. The highest BCUT2D eigenvalue weighted by Gasteiger charge is 2.67. The van der Waals surface area contributed by atoms with Gasteiger partial charge in [-0.25, -0.2) is 0 Å². The van der Waals surface area contributed by atoms with Crippen LogP contribution in [0, 0.1) is 16.7 Å². The van der Waals surface area contributed by atoms with Crippen molar-refractivity contribution < 1.29 is 9.90 Å². The third kappa shape index (κ3) is 1.26. The van der Waals surface area contributed by atoms with Crippen molar-refractivity contribution >= 4 is 5.91 Å². The standard InChI is InChI=1S/C12H22N2O2/c1-11(2)8-3-4-12(11,9(15)7-8)10(16)14-6-5-13/h8-9,15H,3-7,13H2,1-2H3,(H,14,16)/t8-,9-,12+/m0/s1. The molecule has 2 aliphatic carbocycles. The molecule has 0 unspecified atom stereocenters. The summed E-state index contributed by atoms with van der Waals surface area (Å²) in [5.74, 6) is 0.474. The lowest BCUT2D eigenvalue weighted by atomic mass is 9.67. The van der Waals surface area contributed by atoms with Gasteiger partial charge >= 0.3 is 0 Å². The normalized spacial score (nSPS) is 40.0. The minimum Gasteiger partial charge on any atom is -0.392 e. The van der Waals surface area contributed by atoms with E-state index in [1.54, 1.807) is 0 Å². The molecule has 0 aromatic rings. The molecule has 0 heterocycles. The van der Waals surface area contributed by atoms with Gasteiger partial charge in [0, 0.05) is 13.1 Å². The number of aliphatic hydroxyl groups excluding tert-OH is 1. The second kappa shape index (κ2) is 3.70. The van der Waals surface area contributed by atoms with Crippen LogP contribution < -0.4 is 11.1 Å². The van der Waals surface area contributed by atoms with E-state index in [9.17, 15) is 9.90 Å². The lowest BCUT2D eigenvalue weighted by molar-refractivity contribution is -0.142. The number of nitrogens with one attached hydrogen (secondary N) is 1. The predicted molar refractivity (Wildman–Crippen MR) is 61.6 cm³/mol. The van der Waals surface area contributed by atoms with Gasteiger partial charge in [0.1, 0.15) is 0 Å². The van der Waals surface area contributed by atoms with E-state index in [-0.39, 0.29) is 11.3 Å². The summed E-state index contributed by atoms with van der Waals surface area (Å²) in [5, 5.41) is 13.0. The first-order valence-electron chi connectivity index (χ1n) is 6.13. The van der Waals surface area contributed by atoms with Crippen LogP contribution >= 0.6 is 0 Å². The van der Waals surface area contributed by atoms with E-state index in [1.165, 1.54) is 0 Å². The number of carbonyl (C=O) groups is 1. The van der Waals surface area contributed by atoms with Crippen LogP contribution in [0.15, 0.2) is 0 Å². The van der Waals surface area contributed by atoms with Gasteiger partial charge < -0.3 is 16.2 Å². The number of nitrogens with two attached hydrogens (primary N) is 1. The summed E-state index contributed by atoms with van der Waals surface area (Å²) in [4.78, 5) is 12.3. The van der Waals surface area contributed by atoms with E-state index in [2.05, 4.69) is 19.2 Å². The third-order valence-corrected chi connectivity index (χ3v) is 4.97. The molecule has 0 aliphatic heterocycles. The number of hydrogen-bond acceptors (Lipinski definition) is 3. The average Bonchev–Trinajstić information content (AvgIpc) is 2.59. The minimum absolute atomic E-state index is 0.00421. The number of rotatable bonds is 3. The highest BCUT2D eigenvalue weighted by molar-refractivity contribution is 5.85. The van der Waals surface area contributed by atoms with Crippen LogP contribution in [0.5, 0.6) is 0 Å². The van der Waals surface area contributed by atoms with Gasteiger partial charge in [0.15, 0.2) is 0 Å². The monoisotopic (exact) mass is 226 g/mol. The predicted octanol–water partition coefficient (Wildman–Crippen LogP) is 0.249. The molecule has 2 bridgehead atoms. The summed E-state index contributed by atoms with van der Waals surface area (Å²) in [6, 6.07) is 0. The van der Waals surface area contributed by atoms with Crippen molar-refractivity contribution in [1.82, 2.24) is 5.32 Å². The number of fused-ring (bicyclic) bond motifs is 2. The zero-order valence-corrected chi connectivity index (χ0v) is 10.1. The lowest BCUT2D eigenvalue weighted by Gasteiger charge is -2.38. The Morgan fingerprint density at radius 2 is 2.25 bits per heavy atom. The van der Waals surface area contributed by atoms with Crippen LogP contribution in [0.2, 0.25) is 0 Å². The first-order valence-corrected chi connectivity index (χ1v) is 6.13. The van der Waals surface area contributed by atoms with Gasteiger partial charge in [-0.2, -0.15) is 0 Å². The zero-order valence-electron chi connectivity index (χ0n) is 10.1. The molecule has 2 fully saturated rings. The highest BCUT2D eigenvalue weighted by atomic mass is 16.3. The molecule has 16 heavy (non-hydrogen) atoms. The number of carbonyl (C=O) groups excluding carboxylic acids is 1. The van der Waals surface area contributed by atoms with Crippen molar-refractivity contribution in [3.05, 3.63) is 0 Å². The van der Waals surface area contributed by atoms with Gasteiger partial charge in [-0.15, -0.1) is 0 Å². The van der Waals surface area contributed by atoms with Crippen molar-refractivity contribution in [2.75, 3.05) is 13.1 Å². The topological polar surface area (TPSA) is 75.4 Å². The molecule has 4 N–H and O–H groups in total. The van der Waals surface area contributed by atoms with E-state index in [4.69, 9.17) is 5.73 Å². The molecule has 0 spiro atoms. The summed E-state index contributed by atoms with van der Waals surface area (Å²) in [6.45, 7) is 5.17. The summed E-state index contributed by atoms with van der Waals surface area (Å²) in [6.07, 6.45) is 2.14. The zero-order chi connectivity index (χ0) is 12.0. The molecule has 3 atom stereocenters. The first kappa shape index (κ1) is 11.9. The number of amides is 1. The molecule has 1 amide bonds. The highest BCUT2D eigenvalue weighted by Crippen LogP contribution is 2.65. The van der Waals surface area contributed by atoms with Gasteiger partial charge in [0.25, 0.3) is 0 Å². The van der Waals surface area contributed by atoms with Gasteiger partial charge in [-0.3, -0.25) is 4.79 Å². The van der Waals surface area contributed by atoms with E-state index in [1.807, 2.05) is 0 Å².